The molecule has 1 amide bonds. The second kappa shape index (κ2) is 8.14. The smallest absolute Gasteiger partial charge is 0.255 e. The highest BCUT2D eigenvalue weighted by Crippen LogP contribution is 2.15. The highest BCUT2D eigenvalue weighted by Gasteiger charge is 2.21. The molecule has 9 heteroatoms. The van der Waals surface area contributed by atoms with Crippen LogP contribution in [-0.2, 0) is 16.4 Å². The Morgan fingerprint density at radius 3 is 2.52 bits per heavy atom. The summed E-state index contributed by atoms with van der Waals surface area (Å²) in [6.45, 7) is 1.68. The molecule has 29 heavy (non-hydrogen) atoms. The number of carbonyl (C=O) groups is 1. The highest BCUT2D eigenvalue weighted by atomic mass is 32.2. The number of hydrogen-bond donors (Lipinski definition) is 1. The van der Waals surface area contributed by atoms with E-state index < -0.39 is 9.84 Å². The molecule has 0 saturated carbocycles. The number of hydrogen-bond acceptors (Lipinski definition) is 6. The summed E-state index contributed by atoms with van der Waals surface area (Å²) >= 11 is 0. The van der Waals surface area contributed by atoms with Crippen LogP contribution in [0.4, 0.5) is 5.69 Å². The van der Waals surface area contributed by atoms with Crippen LogP contribution in [0.25, 0.3) is 5.69 Å². The lowest BCUT2D eigenvalue weighted by atomic mass is 10.1. The highest BCUT2D eigenvalue weighted by molar-refractivity contribution is 7.91. The first-order valence-electron chi connectivity index (χ1n) is 9.28. The van der Waals surface area contributed by atoms with Crippen molar-refractivity contribution in [3.8, 4) is 5.69 Å². The molecule has 1 N–H and O–H groups in total. The van der Waals surface area contributed by atoms with E-state index in [-0.39, 0.29) is 17.4 Å². The minimum absolute atomic E-state index is 0.192. The van der Waals surface area contributed by atoms with Gasteiger partial charge in [0.05, 0.1) is 29.6 Å². The quantitative estimate of drug-likeness (QED) is 0.687. The molecule has 8 nitrogen and oxygen atoms in total. The molecule has 150 valence electrons. The Bertz CT molecular complexity index is 1080. The van der Waals surface area contributed by atoms with Crippen LogP contribution in [0.1, 0.15) is 15.9 Å². The Morgan fingerprint density at radius 1 is 1.07 bits per heavy atom. The summed E-state index contributed by atoms with van der Waals surface area (Å²) in [5.74, 6) is 0.191. The summed E-state index contributed by atoms with van der Waals surface area (Å²) in [5.41, 5.74) is 3.09. The molecule has 1 fully saturated rings. The first-order chi connectivity index (χ1) is 14.0. The van der Waals surface area contributed by atoms with Gasteiger partial charge >= 0.3 is 0 Å². The van der Waals surface area contributed by atoms with Gasteiger partial charge in [-0.15, -0.1) is 5.10 Å². The largest absolute Gasteiger partial charge is 0.322 e. The Labute approximate surface area is 169 Å². The van der Waals surface area contributed by atoms with Gasteiger partial charge in [0.1, 0.15) is 0 Å². The van der Waals surface area contributed by atoms with Gasteiger partial charge in [-0.05, 0) is 42.0 Å². The molecule has 4 rings (SSSR count). The van der Waals surface area contributed by atoms with E-state index in [1.807, 2.05) is 42.5 Å². The number of nitrogens with one attached hydrogen (secondary N) is 1. The Hall–Kier alpha value is -3.04. The van der Waals surface area contributed by atoms with Crippen LogP contribution in [-0.4, -0.2) is 58.8 Å². The Balaban J connectivity index is 1.39. The zero-order chi connectivity index (χ0) is 20.3. The fourth-order valence-electron chi connectivity index (χ4n) is 3.22. The molecular weight excluding hydrogens is 390 g/mol. The predicted octanol–water partition coefficient (Wildman–Crippen LogP) is 1.75. The van der Waals surface area contributed by atoms with E-state index in [1.54, 1.807) is 23.1 Å². The minimum atomic E-state index is -2.90. The van der Waals surface area contributed by atoms with Gasteiger partial charge in [-0.1, -0.05) is 17.3 Å². The van der Waals surface area contributed by atoms with Gasteiger partial charge in [-0.25, -0.2) is 13.1 Å². The second-order valence-electron chi connectivity index (χ2n) is 6.98. The summed E-state index contributed by atoms with van der Waals surface area (Å²) < 4.78 is 24.8. The number of amides is 1. The standard InChI is InChI=1S/C20H21N5O3S/c26-20(22-18-4-6-19(7-5-18)25-9-8-21-23-25)17-3-1-2-16(14-17)15-24-10-12-29(27,28)13-11-24/h1-9,14H,10-13,15H2,(H,22,26). The third kappa shape index (κ3) is 4.87. The summed E-state index contributed by atoms with van der Waals surface area (Å²) in [6, 6.07) is 14.7. The van der Waals surface area contributed by atoms with Crippen LogP contribution < -0.4 is 5.32 Å². The summed E-state index contributed by atoms with van der Waals surface area (Å²) in [5, 5.41) is 10.6. The third-order valence-corrected chi connectivity index (χ3v) is 6.45. The predicted molar refractivity (Wildman–Crippen MR) is 110 cm³/mol. The van der Waals surface area contributed by atoms with Gasteiger partial charge < -0.3 is 5.32 Å². The number of anilines is 1. The molecule has 1 saturated heterocycles. The molecule has 0 atom stereocenters. The molecule has 3 aromatic rings. The number of carbonyl (C=O) groups excluding carboxylic acids is 1. The van der Waals surface area contributed by atoms with Crippen LogP contribution in [0, 0.1) is 0 Å². The maximum atomic E-state index is 12.6. The molecule has 0 unspecified atom stereocenters. The molecule has 2 heterocycles. The van der Waals surface area contributed by atoms with Crippen molar-refractivity contribution in [3.63, 3.8) is 0 Å². The fraction of sp³-hybridized carbons (Fsp3) is 0.250. The fourth-order valence-corrected chi connectivity index (χ4v) is 4.50. The number of aromatic nitrogens is 3. The van der Waals surface area contributed by atoms with Crippen LogP contribution in [0.2, 0.25) is 0 Å². The van der Waals surface area contributed by atoms with E-state index in [9.17, 15) is 13.2 Å². The van der Waals surface area contributed by atoms with Gasteiger partial charge in [0.2, 0.25) is 0 Å². The third-order valence-electron chi connectivity index (χ3n) is 4.84. The Kier molecular flexibility index (Phi) is 5.41. The average Bonchev–Trinajstić information content (AvgIpc) is 3.25. The van der Waals surface area contributed by atoms with Gasteiger partial charge in [0, 0.05) is 30.9 Å². The van der Waals surface area contributed by atoms with Crippen LogP contribution in [0.5, 0.6) is 0 Å². The number of benzene rings is 2. The maximum Gasteiger partial charge on any atom is 0.255 e. The van der Waals surface area contributed by atoms with Crippen molar-refractivity contribution >= 4 is 21.4 Å². The van der Waals surface area contributed by atoms with Crippen LogP contribution in [0.3, 0.4) is 0 Å². The van der Waals surface area contributed by atoms with Gasteiger partial charge in [0.15, 0.2) is 9.84 Å². The van der Waals surface area contributed by atoms with E-state index in [2.05, 4.69) is 20.5 Å². The lowest BCUT2D eigenvalue weighted by Gasteiger charge is -2.26. The topological polar surface area (TPSA) is 97.2 Å². The van der Waals surface area contributed by atoms with E-state index in [0.717, 1.165) is 11.3 Å². The van der Waals surface area contributed by atoms with Gasteiger partial charge in [0.25, 0.3) is 5.91 Å². The van der Waals surface area contributed by atoms with Crippen LogP contribution in [0.15, 0.2) is 60.9 Å². The molecule has 1 aliphatic rings. The van der Waals surface area contributed by atoms with Crippen molar-refractivity contribution in [1.82, 2.24) is 19.9 Å². The number of sulfone groups is 1. The SMILES string of the molecule is O=C(Nc1ccc(-n2ccnn2)cc1)c1cccc(CN2CCS(=O)(=O)CC2)c1. The Morgan fingerprint density at radius 2 is 1.83 bits per heavy atom. The number of rotatable bonds is 5. The summed E-state index contributed by atoms with van der Waals surface area (Å²) in [6.07, 6.45) is 3.35. The average molecular weight is 411 g/mol. The van der Waals surface area contributed by atoms with Crippen molar-refractivity contribution < 1.29 is 13.2 Å². The van der Waals surface area contributed by atoms with Crippen molar-refractivity contribution in [3.05, 3.63) is 72.1 Å². The molecular formula is C20H21N5O3S. The van der Waals surface area contributed by atoms with Crippen molar-refractivity contribution in [1.29, 1.82) is 0 Å². The maximum absolute atomic E-state index is 12.6. The van der Waals surface area contributed by atoms with E-state index in [1.165, 1.54) is 0 Å². The summed E-state index contributed by atoms with van der Waals surface area (Å²) in [4.78, 5) is 14.7. The van der Waals surface area contributed by atoms with Crippen molar-refractivity contribution in [2.75, 3.05) is 29.9 Å². The molecule has 0 bridgehead atoms. The lowest BCUT2D eigenvalue weighted by Crippen LogP contribution is -2.39. The van der Waals surface area contributed by atoms with E-state index in [4.69, 9.17) is 0 Å². The first kappa shape index (κ1) is 19.3. The van der Waals surface area contributed by atoms with Crippen molar-refractivity contribution in [2.45, 2.75) is 6.54 Å². The van der Waals surface area contributed by atoms with E-state index >= 15 is 0 Å². The molecule has 0 spiro atoms. The number of nitrogens with zero attached hydrogens (tertiary/aromatic N) is 4. The van der Waals surface area contributed by atoms with E-state index in [0.29, 0.717) is 30.9 Å². The first-order valence-corrected chi connectivity index (χ1v) is 11.1. The lowest BCUT2D eigenvalue weighted by molar-refractivity contribution is 0.102. The second-order valence-corrected chi connectivity index (χ2v) is 9.28. The molecule has 2 aromatic carbocycles. The van der Waals surface area contributed by atoms with Gasteiger partial charge in [-0.2, -0.15) is 0 Å². The zero-order valence-electron chi connectivity index (χ0n) is 15.7. The normalized spacial score (nSPS) is 16.4. The molecule has 1 aromatic heterocycles. The molecule has 0 radical (unpaired) electrons. The van der Waals surface area contributed by atoms with Crippen molar-refractivity contribution in [2.24, 2.45) is 0 Å². The van der Waals surface area contributed by atoms with Gasteiger partial charge in [-0.3, -0.25) is 9.69 Å². The zero-order valence-corrected chi connectivity index (χ0v) is 16.5. The summed E-state index contributed by atoms with van der Waals surface area (Å²) in [7, 11) is -2.90. The minimum Gasteiger partial charge on any atom is -0.322 e. The molecule has 0 aliphatic carbocycles. The molecule has 1 aliphatic heterocycles. The van der Waals surface area contributed by atoms with Crippen LogP contribution >= 0.6 is 0 Å². The monoisotopic (exact) mass is 411 g/mol.